The van der Waals surface area contributed by atoms with Gasteiger partial charge in [0.15, 0.2) is 6.33 Å². The highest BCUT2D eigenvalue weighted by Crippen LogP contribution is 2.46. The van der Waals surface area contributed by atoms with Gasteiger partial charge in [0.1, 0.15) is 19.8 Å². The molecule has 0 aliphatic heterocycles. The van der Waals surface area contributed by atoms with Crippen LogP contribution in [0, 0.1) is 0 Å². The zero-order valence-corrected chi connectivity index (χ0v) is 17.1. The molecule has 0 saturated heterocycles. The first-order valence-electron chi connectivity index (χ1n) is 9.48. The van der Waals surface area contributed by atoms with Gasteiger partial charge in [0, 0.05) is 29.0 Å². The molecule has 2 aromatic rings. The summed E-state index contributed by atoms with van der Waals surface area (Å²) in [5.74, 6) is -12.5. The van der Waals surface area contributed by atoms with Crippen molar-refractivity contribution in [2.75, 3.05) is 24.7 Å². The summed E-state index contributed by atoms with van der Waals surface area (Å²) in [5.41, 5.74) is 1.13. The molecular weight excluding hydrogens is 452 g/mol. The van der Waals surface area contributed by atoms with Crippen molar-refractivity contribution in [1.82, 2.24) is 9.78 Å². The van der Waals surface area contributed by atoms with Crippen LogP contribution < -0.4 is 9.47 Å². The van der Waals surface area contributed by atoms with Crippen LogP contribution in [0.15, 0.2) is 40.8 Å². The zero-order chi connectivity index (χ0) is 24.2. The molecule has 1 aromatic heterocycles. The van der Waals surface area contributed by atoms with E-state index in [0.717, 1.165) is 23.5 Å². The molecule has 1 heterocycles. The molecule has 0 spiro atoms. The summed E-state index contributed by atoms with van der Waals surface area (Å²) in [5, 5.41) is 11.0. The van der Waals surface area contributed by atoms with Crippen molar-refractivity contribution >= 4 is 17.3 Å². The predicted octanol–water partition coefficient (Wildman–Crippen LogP) is 5.23. The lowest BCUT2D eigenvalue weighted by Gasteiger charge is -2.27. The fourth-order valence-corrected chi connectivity index (χ4v) is 2.74. The van der Waals surface area contributed by atoms with Gasteiger partial charge < -0.3 is 4.90 Å². The Hall–Kier alpha value is -2.80. The SMILES string of the molecule is CCN(CC)c1ccc(N=Nc2nn(CCF)c[n+]2CC(F)(F)C(F)(F)C(F)(F)F)cc1. The van der Waals surface area contributed by atoms with Crippen LogP contribution in [0.1, 0.15) is 13.8 Å². The van der Waals surface area contributed by atoms with E-state index in [9.17, 15) is 35.1 Å². The first-order valence-corrected chi connectivity index (χ1v) is 9.48. The van der Waals surface area contributed by atoms with Gasteiger partial charge in [-0.1, -0.05) is 5.11 Å². The standard InChI is InChI=1S/C18H21F8N6/c1-3-30(4-2)14-7-5-13(6-8-14)27-28-15-29-32(10-9-19)12-31(15)11-16(20,21)17(22,23)18(24,25)26/h5-8,12H,3-4,9-11H2,1-2H3/q+1. The molecule has 2 rings (SSSR count). The second-order valence-electron chi connectivity index (χ2n) is 6.66. The molecule has 0 N–H and O–H groups in total. The minimum Gasteiger partial charge on any atom is -0.372 e. The number of nitrogens with zero attached hydrogens (tertiary/aromatic N) is 6. The summed E-state index contributed by atoms with van der Waals surface area (Å²) in [6.07, 6.45) is -5.81. The van der Waals surface area contributed by atoms with E-state index in [1.54, 1.807) is 24.3 Å². The van der Waals surface area contributed by atoms with Gasteiger partial charge in [0.2, 0.25) is 0 Å². The molecule has 14 heteroatoms. The van der Waals surface area contributed by atoms with Crippen molar-refractivity contribution in [3.63, 3.8) is 0 Å². The molecule has 0 fully saturated rings. The Morgan fingerprint density at radius 3 is 2.06 bits per heavy atom. The Kier molecular flexibility index (Phi) is 7.78. The number of aromatic nitrogens is 3. The highest BCUT2D eigenvalue weighted by Gasteiger charge is 2.73. The van der Waals surface area contributed by atoms with E-state index in [1.165, 1.54) is 0 Å². The van der Waals surface area contributed by atoms with Crippen LogP contribution in [-0.2, 0) is 13.1 Å². The van der Waals surface area contributed by atoms with Gasteiger partial charge in [-0.25, -0.2) is 8.96 Å². The molecule has 6 nitrogen and oxygen atoms in total. The van der Waals surface area contributed by atoms with Crippen LogP contribution >= 0.6 is 0 Å². The van der Waals surface area contributed by atoms with E-state index in [4.69, 9.17) is 0 Å². The zero-order valence-electron chi connectivity index (χ0n) is 17.1. The second kappa shape index (κ2) is 9.77. The molecule has 0 atom stereocenters. The van der Waals surface area contributed by atoms with Crippen molar-refractivity contribution < 1.29 is 39.7 Å². The highest BCUT2D eigenvalue weighted by atomic mass is 19.4. The highest BCUT2D eigenvalue weighted by molar-refractivity contribution is 5.52. The van der Waals surface area contributed by atoms with Gasteiger partial charge in [-0.3, -0.25) is 0 Å². The molecule has 0 amide bonds. The van der Waals surface area contributed by atoms with Crippen molar-refractivity contribution in [2.24, 2.45) is 10.2 Å². The van der Waals surface area contributed by atoms with Gasteiger partial charge in [0.25, 0.3) is 0 Å². The number of azo groups is 1. The Morgan fingerprint density at radius 2 is 1.56 bits per heavy atom. The molecule has 0 aliphatic carbocycles. The number of benzene rings is 1. The average molecular weight is 473 g/mol. The van der Waals surface area contributed by atoms with E-state index in [0.29, 0.717) is 6.33 Å². The number of halogens is 8. The summed E-state index contributed by atoms with van der Waals surface area (Å²) < 4.78 is 105. The first-order chi connectivity index (χ1) is 14.9. The van der Waals surface area contributed by atoms with Crippen molar-refractivity contribution in [3.05, 3.63) is 30.6 Å². The lowest BCUT2D eigenvalue weighted by Crippen LogP contribution is -2.58. The maximum absolute atomic E-state index is 13.8. The van der Waals surface area contributed by atoms with Gasteiger partial charge in [-0.2, -0.15) is 30.7 Å². The molecule has 0 unspecified atom stereocenters. The summed E-state index contributed by atoms with van der Waals surface area (Å²) in [4.78, 5) is 2.04. The quantitative estimate of drug-likeness (QED) is 0.270. The molecule has 0 bridgehead atoms. The van der Waals surface area contributed by atoms with E-state index < -0.39 is 43.7 Å². The summed E-state index contributed by atoms with van der Waals surface area (Å²) in [6, 6.07) is 6.53. The third-order valence-electron chi connectivity index (χ3n) is 4.48. The fraction of sp³-hybridized carbons (Fsp3) is 0.556. The van der Waals surface area contributed by atoms with E-state index in [2.05, 4.69) is 15.3 Å². The summed E-state index contributed by atoms with van der Waals surface area (Å²) in [7, 11) is 0. The van der Waals surface area contributed by atoms with Gasteiger partial charge >= 0.3 is 24.0 Å². The third-order valence-corrected chi connectivity index (χ3v) is 4.48. The lowest BCUT2D eigenvalue weighted by molar-refractivity contribution is -0.708. The Bertz CT molecular complexity index is 903. The number of anilines is 1. The monoisotopic (exact) mass is 473 g/mol. The topological polar surface area (TPSA) is 49.7 Å². The van der Waals surface area contributed by atoms with Gasteiger partial charge in [0.05, 0.1) is 5.69 Å². The number of rotatable bonds is 10. The first kappa shape index (κ1) is 25.5. The number of alkyl halides is 8. The van der Waals surface area contributed by atoms with E-state index in [-0.39, 0.29) is 10.3 Å². The van der Waals surface area contributed by atoms with Crippen molar-refractivity contribution in [2.45, 2.75) is 45.0 Å². The molecule has 0 saturated carbocycles. The number of hydrogen-bond donors (Lipinski definition) is 0. The van der Waals surface area contributed by atoms with Crippen LogP contribution in [0.3, 0.4) is 0 Å². The lowest BCUT2D eigenvalue weighted by atomic mass is 10.1. The largest absolute Gasteiger partial charge is 0.459 e. The number of aryl methyl sites for hydroxylation is 1. The van der Waals surface area contributed by atoms with Crippen LogP contribution in [0.4, 0.5) is 52.4 Å². The minimum atomic E-state index is -6.47. The predicted molar refractivity (Wildman–Crippen MR) is 98.5 cm³/mol. The normalized spacial score (nSPS) is 13.2. The third kappa shape index (κ3) is 5.51. The van der Waals surface area contributed by atoms with Crippen LogP contribution in [0.5, 0.6) is 0 Å². The van der Waals surface area contributed by atoms with Crippen molar-refractivity contribution in [1.29, 1.82) is 0 Å². The van der Waals surface area contributed by atoms with Crippen LogP contribution in [0.2, 0.25) is 0 Å². The Morgan fingerprint density at radius 1 is 0.969 bits per heavy atom. The molecule has 178 valence electrons. The molecule has 32 heavy (non-hydrogen) atoms. The Balaban J connectivity index is 2.32. The van der Waals surface area contributed by atoms with Gasteiger partial charge in [-0.05, 0) is 38.1 Å². The molecule has 0 aliphatic rings. The van der Waals surface area contributed by atoms with Crippen LogP contribution in [0.25, 0.3) is 0 Å². The Labute approximate surface area is 178 Å². The van der Waals surface area contributed by atoms with E-state index >= 15 is 0 Å². The molecular formula is C18H21F8N6+. The average Bonchev–Trinajstić information content (AvgIpc) is 3.08. The molecule has 1 aromatic carbocycles. The smallest absolute Gasteiger partial charge is 0.372 e. The van der Waals surface area contributed by atoms with E-state index in [1.807, 2.05) is 18.7 Å². The second-order valence-corrected chi connectivity index (χ2v) is 6.66. The fourth-order valence-electron chi connectivity index (χ4n) is 2.74. The maximum Gasteiger partial charge on any atom is 0.459 e. The minimum absolute atomic E-state index is 0.250. The summed E-state index contributed by atoms with van der Waals surface area (Å²) >= 11 is 0. The number of hydrogen-bond acceptors (Lipinski definition) is 4. The molecule has 0 radical (unpaired) electrons. The van der Waals surface area contributed by atoms with Crippen LogP contribution in [-0.4, -0.2) is 47.6 Å². The van der Waals surface area contributed by atoms with Gasteiger partial charge in [-0.15, -0.1) is 4.68 Å². The maximum atomic E-state index is 13.8. The summed E-state index contributed by atoms with van der Waals surface area (Å²) in [6.45, 7) is 1.89. The van der Waals surface area contributed by atoms with Crippen molar-refractivity contribution in [3.8, 4) is 0 Å².